The molecule has 10 heteroatoms. The highest BCUT2D eigenvalue weighted by Crippen LogP contribution is 2.18. The Balaban J connectivity index is 2.10. The van der Waals surface area contributed by atoms with E-state index in [4.69, 9.17) is 12.2 Å². The van der Waals surface area contributed by atoms with E-state index in [2.05, 4.69) is 10.6 Å². The molecule has 9 nitrogen and oxygen atoms in total. The third-order valence-corrected chi connectivity index (χ3v) is 3.09. The van der Waals surface area contributed by atoms with Gasteiger partial charge in [-0.05, 0) is 24.4 Å². The summed E-state index contributed by atoms with van der Waals surface area (Å²) in [6.07, 6.45) is 0. The third kappa shape index (κ3) is 4.08. The first-order valence-electron chi connectivity index (χ1n) is 6.48. The van der Waals surface area contributed by atoms with E-state index in [1.807, 2.05) is 0 Å². The Hall–Kier alpha value is -3.40. The number of benzene rings is 2. The zero-order valence-corrected chi connectivity index (χ0v) is 12.8. The summed E-state index contributed by atoms with van der Waals surface area (Å²) in [6.45, 7) is 0. The molecule has 2 aromatic rings. The number of nitrogens with zero attached hydrogens (tertiary/aromatic N) is 2. The van der Waals surface area contributed by atoms with Crippen molar-refractivity contribution in [2.75, 3.05) is 5.32 Å². The van der Waals surface area contributed by atoms with Crippen molar-refractivity contribution < 1.29 is 14.6 Å². The van der Waals surface area contributed by atoms with Crippen LogP contribution in [0.2, 0.25) is 0 Å². The number of nitrogens with one attached hydrogen (secondary N) is 2. The molecule has 0 aliphatic carbocycles. The van der Waals surface area contributed by atoms with Crippen molar-refractivity contribution in [3.63, 3.8) is 0 Å². The van der Waals surface area contributed by atoms with Crippen LogP contribution in [0.1, 0.15) is 10.4 Å². The minimum atomic E-state index is -0.759. The lowest BCUT2D eigenvalue weighted by atomic mass is 10.1. The van der Waals surface area contributed by atoms with E-state index < -0.39 is 15.8 Å². The molecule has 0 saturated carbocycles. The quantitative estimate of drug-likeness (QED) is 0.495. The number of hydrogen-bond acceptors (Lipinski definition) is 6. The summed E-state index contributed by atoms with van der Waals surface area (Å²) < 4.78 is 0. The van der Waals surface area contributed by atoms with E-state index in [0.717, 1.165) is 0 Å². The number of nitro benzene ring substituents is 2. The average molecular weight is 346 g/mol. The second kappa shape index (κ2) is 7.24. The zero-order valence-electron chi connectivity index (χ0n) is 12.0. The summed E-state index contributed by atoms with van der Waals surface area (Å²) in [5.41, 5.74) is -0.344. The molecule has 0 heterocycles. The molecule has 0 spiro atoms. The second-order valence-corrected chi connectivity index (χ2v) is 4.90. The third-order valence-electron chi connectivity index (χ3n) is 2.89. The molecule has 0 aromatic heterocycles. The molecule has 0 unspecified atom stereocenters. The highest BCUT2D eigenvalue weighted by molar-refractivity contribution is 7.80. The van der Waals surface area contributed by atoms with Gasteiger partial charge in [0.15, 0.2) is 5.11 Å². The van der Waals surface area contributed by atoms with Crippen LogP contribution in [0.5, 0.6) is 0 Å². The predicted octanol–water partition coefficient (Wildman–Crippen LogP) is 2.63. The number of carbonyl (C=O) groups excluding carboxylic acids is 1. The van der Waals surface area contributed by atoms with Gasteiger partial charge in [0.1, 0.15) is 5.56 Å². The van der Waals surface area contributed by atoms with Crippen molar-refractivity contribution in [1.29, 1.82) is 0 Å². The fourth-order valence-corrected chi connectivity index (χ4v) is 2.07. The van der Waals surface area contributed by atoms with E-state index >= 15 is 0 Å². The smallest absolute Gasteiger partial charge is 0.282 e. The summed E-state index contributed by atoms with van der Waals surface area (Å²) in [6, 6.07) is 10.9. The van der Waals surface area contributed by atoms with E-state index in [0.29, 0.717) is 5.69 Å². The van der Waals surface area contributed by atoms with Crippen LogP contribution in [-0.4, -0.2) is 20.9 Å². The van der Waals surface area contributed by atoms with Gasteiger partial charge in [0.25, 0.3) is 17.3 Å². The van der Waals surface area contributed by atoms with Crippen LogP contribution in [-0.2, 0) is 0 Å². The van der Waals surface area contributed by atoms with Gasteiger partial charge in [0.05, 0.1) is 9.85 Å². The minimum Gasteiger partial charge on any atom is -0.332 e. The average Bonchev–Trinajstić information content (AvgIpc) is 2.54. The molecule has 0 radical (unpaired) electrons. The first-order chi connectivity index (χ1) is 11.4. The van der Waals surface area contributed by atoms with Gasteiger partial charge < -0.3 is 5.32 Å². The Bertz CT molecular complexity index is 839. The van der Waals surface area contributed by atoms with E-state index in [9.17, 15) is 25.0 Å². The largest absolute Gasteiger partial charge is 0.332 e. The van der Waals surface area contributed by atoms with E-state index in [1.54, 1.807) is 0 Å². The topological polar surface area (TPSA) is 127 Å². The first kappa shape index (κ1) is 17.0. The molecule has 2 aromatic carbocycles. The highest BCUT2D eigenvalue weighted by atomic mass is 32.1. The number of non-ortho nitro benzene ring substituents is 1. The zero-order chi connectivity index (χ0) is 17.7. The van der Waals surface area contributed by atoms with Gasteiger partial charge in [-0.25, -0.2) is 0 Å². The SMILES string of the molecule is O=C(NC(=S)Nc1cccc([N+](=O)[O-])c1)c1ccccc1[N+](=O)[O-]. The maximum absolute atomic E-state index is 12.1. The van der Waals surface area contributed by atoms with Crippen LogP contribution in [0.4, 0.5) is 17.1 Å². The van der Waals surface area contributed by atoms with Crippen molar-refractivity contribution in [2.24, 2.45) is 0 Å². The second-order valence-electron chi connectivity index (χ2n) is 4.49. The summed E-state index contributed by atoms with van der Waals surface area (Å²) in [5, 5.41) is 26.4. The van der Waals surface area contributed by atoms with Gasteiger partial charge in [0, 0.05) is 23.9 Å². The van der Waals surface area contributed by atoms with Crippen molar-refractivity contribution in [1.82, 2.24) is 5.32 Å². The Morgan fingerprint density at radius 2 is 1.71 bits per heavy atom. The minimum absolute atomic E-state index is 0.140. The maximum atomic E-state index is 12.1. The maximum Gasteiger partial charge on any atom is 0.282 e. The Morgan fingerprint density at radius 3 is 2.38 bits per heavy atom. The van der Waals surface area contributed by atoms with Crippen LogP contribution in [0, 0.1) is 20.2 Å². The number of amides is 1. The van der Waals surface area contributed by atoms with Crippen LogP contribution in [0.25, 0.3) is 0 Å². The molecule has 0 aliphatic rings. The number of rotatable bonds is 4. The van der Waals surface area contributed by atoms with Crippen molar-refractivity contribution in [3.05, 3.63) is 74.3 Å². The number of anilines is 1. The number of para-hydroxylation sites is 1. The predicted molar refractivity (Wildman–Crippen MR) is 89.9 cm³/mol. The van der Waals surface area contributed by atoms with Crippen LogP contribution in [0.3, 0.4) is 0 Å². The van der Waals surface area contributed by atoms with Crippen LogP contribution in [0.15, 0.2) is 48.5 Å². The lowest BCUT2D eigenvalue weighted by molar-refractivity contribution is -0.385. The number of thiocarbonyl (C=S) groups is 1. The number of carbonyl (C=O) groups is 1. The van der Waals surface area contributed by atoms with Gasteiger partial charge in [-0.3, -0.25) is 30.3 Å². The molecule has 122 valence electrons. The summed E-state index contributed by atoms with van der Waals surface area (Å²) in [4.78, 5) is 32.5. The number of nitro groups is 2. The van der Waals surface area contributed by atoms with Gasteiger partial charge in [0.2, 0.25) is 0 Å². The molecule has 0 fully saturated rings. The summed E-state index contributed by atoms with van der Waals surface area (Å²) >= 11 is 4.95. The Kier molecular flexibility index (Phi) is 5.12. The molecule has 1 amide bonds. The van der Waals surface area contributed by atoms with Gasteiger partial charge in [-0.2, -0.15) is 0 Å². The highest BCUT2D eigenvalue weighted by Gasteiger charge is 2.20. The Morgan fingerprint density at radius 1 is 1.00 bits per heavy atom. The molecule has 0 atom stereocenters. The van der Waals surface area contributed by atoms with Crippen molar-refractivity contribution in [3.8, 4) is 0 Å². The van der Waals surface area contributed by atoms with E-state index in [1.165, 1.54) is 48.5 Å². The van der Waals surface area contributed by atoms with Crippen LogP contribution < -0.4 is 10.6 Å². The molecule has 0 aliphatic heterocycles. The standard InChI is InChI=1S/C14H10N4O5S/c19-13(11-6-1-2-7-12(11)18(22)23)16-14(24)15-9-4-3-5-10(8-9)17(20)21/h1-8H,(H2,15,16,19,24). The van der Waals surface area contributed by atoms with Gasteiger partial charge in [-0.1, -0.05) is 18.2 Å². The normalized spacial score (nSPS) is 9.83. The monoisotopic (exact) mass is 346 g/mol. The van der Waals surface area contributed by atoms with Gasteiger partial charge in [-0.15, -0.1) is 0 Å². The van der Waals surface area contributed by atoms with Crippen molar-refractivity contribution in [2.45, 2.75) is 0 Å². The van der Waals surface area contributed by atoms with E-state index in [-0.39, 0.29) is 22.1 Å². The molecule has 0 bridgehead atoms. The van der Waals surface area contributed by atoms with Gasteiger partial charge >= 0.3 is 0 Å². The van der Waals surface area contributed by atoms with Crippen LogP contribution >= 0.6 is 12.2 Å². The lowest BCUT2D eigenvalue weighted by Gasteiger charge is -2.09. The molecule has 2 N–H and O–H groups in total. The molecular weight excluding hydrogens is 336 g/mol. The summed E-state index contributed by atoms with van der Waals surface area (Å²) in [7, 11) is 0. The molecule has 0 saturated heterocycles. The molecular formula is C14H10N4O5S. The first-order valence-corrected chi connectivity index (χ1v) is 6.89. The summed E-state index contributed by atoms with van der Waals surface area (Å²) in [5.74, 6) is -0.759. The molecule has 24 heavy (non-hydrogen) atoms. The van der Waals surface area contributed by atoms with Crippen molar-refractivity contribution >= 4 is 40.3 Å². The fourth-order valence-electron chi connectivity index (χ4n) is 1.85. The Labute approximate surface area is 140 Å². The fraction of sp³-hybridized carbons (Fsp3) is 0. The number of hydrogen-bond donors (Lipinski definition) is 2. The molecule has 2 rings (SSSR count). The lowest BCUT2D eigenvalue weighted by Crippen LogP contribution is -2.34.